The fraction of sp³-hybridized carbons (Fsp3) is 0.318. The molecule has 1 saturated heterocycles. The number of pyridine rings is 1. The Morgan fingerprint density at radius 2 is 2.00 bits per heavy atom. The van der Waals surface area contributed by atoms with Crippen molar-refractivity contribution >= 4 is 55.4 Å². The van der Waals surface area contributed by atoms with Crippen LogP contribution in [0, 0.1) is 6.92 Å². The smallest absolute Gasteiger partial charge is 0.144 e. The van der Waals surface area contributed by atoms with Crippen LogP contribution in [-0.4, -0.2) is 47.2 Å². The number of fused-ring (bicyclic) bond motifs is 2. The summed E-state index contributed by atoms with van der Waals surface area (Å²) >= 11 is 5.00. The molecule has 0 amide bonds. The standard InChI is InChI=1S/C22H22BrN5O2S/c1-11-14-6-7-28(21(14)26-10-25-11)22-19(30)18(29)17(31-22)5-3-12-2-4-13-9-15(23)20(24)27-16(13)8-12/h2,4,6-10,17-19,22,29-30H,3,5H2,1H3,(H2,24,27)/t17-,18+,19+,22+/m0/s1. The second-order valence-electron chi connectivity index (χ2n) is 7.89. The lowest BCUT2D eigenvalue weighted by Gasteiger charge is -2.17. The molecule has 9 heteroatoms. The van der Waals surface area contributed by atoms with Crippen LogP contribution in [0.2, 0.25) is 0 Å². The molecule has 0 saturated carbocycles. The SMILES string of the molecule is Cc1ncnc2c1ccn2[C@@H]1S[C@@H](CCc2ccc3cc(Br)c(N)nc3c2)[C@@H](O)[C@H]1O. The Hall–Kier alpha value is -2.20. The van der Waals surface area contributed by atoms with Crippen molar-refractivity contribution in [3.05, 3.63) is 58.6 Å². The molecule has 0 bridgehead atoms. The van der Waals surface area contributed by atoms with Crippen molar-refractivity contribution < 1.29 is 10.2 Å². The van der Waals surface area contributed by atoms with E-state index in [1.807, 2.05) is 42.0 Å². The summed E-state index contributed by atoms with van der Waals surface area (Å²) in [5, 5.41) is 23.1. The van der Waals surface area contributed by atoms with Crippen LogP contribution in [-0.2, 0) is 6.42 Å². The Morgan fingerprint density at radius 3 is 2.84 bits per heavy atom. The zero-order chi connectivity index (χ0) is 21.7. The largest absolute Gasteiger partial charge is 0.389 e. The van der Waals surface area contributed by atoms with Crippen molar-refractivity contribution in [3.63, 3.8) is 0 Å². The molecule has 5 rings (SSSR count). The number of aliphatic hydroxyl groups is 2. The zero-order valence-electron chi connectivity index (χ0n) is 16.8. The van der Waals surface area contributed by atoms with E-state index in [1.165, 1.54) is 6.33 Å². The van der Waals surface area contributed by atoms with Crippen molar-refractivity contribution in [2.24, 2.45) is 0 Å². The van der Waals surface area contributed by atoms with Crippen LogP contribution in [0.1, 0.15) is 23.1 Å². The first kappa shape index (κ1) is 20.7. The van der Waals surface area contributed by atoms with Gasteiger partial charge in [0.1, 0.15) is 29.3 Å². The van der Waals surface area contributed by atoms with Gasteiger partial charge in [-0.15, -0.1) is 11.8 Å². The molecular weight excluding hydrogens is 478 g/mol. The molecule has 4 atom stereocenters. The molecule has 4 heterocycles. The lowest BCUT2D eigenvalue weighted by Crippen LogP contribution is -2.31. The maximum Gasteiger partial charge on any atom is 0.144 e. The van der Waals surface area contributed by atoms with Crippen LogP contribution >= 0.6 is 27.7 Å². The van der Waals surface area contributed by atoms with Gasteiger partial charge >= 0.3 is 0 Å². The molecule has 0 unspecified atom stereocenters. The summed E-state index contributed by atoms with van der Waals surface area (Å²) < 4.78 is 2.74. The Balaban J connectivity index is 1.34. The summed E-state index contributed by atoms with van der Waals surface area (Å²) in [5.41, 5.74) is 9.58. The number of hydrogen-bond donors (Lipinski definition) is 3. The van der Waals surface area contributed by atoms with E-state index in [0.29, 0.717) is 5.82 Å². The molecule has 3 aromatic heterocycles. The topological polar surface area (TPSA) is 110 Å². The van der Waals surface area contributed by atoms with E-state index < -0.39 is 12.2 Å². The average molecular weight is 500 g/mol. The van der Waals surface area contributed by atoms with E-state index in [9.17, 15) is 10.2 Å². The predicted octanol–water partition coefficient (Wildman–Crippen LogP) is 3.60. The Kier molecular flexibility index (Phi) is 5.37. The third-order valence-electron chi connectivity index (χ3n) is 5.90. The van der Waals surface area contributed by atoms with Gasteiger partial charge in [0.05, 0.1) is 21.8 Å². The van der Waals surface area contributed by atoms with Gasteiger partial charge < -0.3 is 20.5 Å². The fourth-order valence-electron chi connectivity index (χ4n) is 4.17. The number of aryl methyl sites for hydroxylation is 2. The quantitative estimate of drug-likeness (QED) is 0.393. The zero-order valence-corrected chi connectivity index (χ0v) is 19.2. The van der Waals surface area contributed by atoms with Gasteiger partial charge in [-0.3, -0.25) is 0 Å². The summed E-state index contributed by atoms with van der Waals surface area (Å²) in [4.78, 5) is 13.1. The van der Waals surface area contributed by atoms with Crippen LogP contribution in [0.4, 0.5) is 5.82 Å². The summed E-state index contributed by atoms with van der Waals surface area (Å²) in [7, 11) is 0. The molecule has 1 fully saturated rings. The molecular formula is C22H22BrN5O2S. The number of benzene rings is 1. The highest BCUT2D eigenvalue weighted by molar-refractivity contribution is 9.10. The van der Waals surface area contributed by atoms with Crippen LogP contribution in [0.25, 0.3) is 21.9 Å². The molecule has 4 aromatic rings. The van der Waals surface area contributed by atoms with Gasteiger partial charge in [-0.25, -0.2) is 15.0 Å². The summed E-state index contributed by atoms with van der Waals surface area (Å²) in [6.45, 7) is 1.94. The summed E-state index contributed by atoms with van der Waals surface area (Å²) in [5.74, 6) is 0.468. The highest BCUT2D eigenvalue weighted by Crippen LogP contribution is 2.45. The monoisotopic (exact) mass is 499 g/mol. The summed E-state index contributed by atoms with van der Waals surface area (Å²) in [6, 6.07) is 10.1. The highest BCUT2D eigenvalue weighted by Gasteiger charge is 2.43. The van der Waals surface area contributed by atoms with Gasteiger partial charge in [-0.05, 0) is 59.5 Å². The van der Waals surface area contributed by atoms with Gasteiger partial charge in [0.25, 0.3) is 0 Å². The van der Waals surface area contributed by atoms with E-state index in [1.54, 1.807) is 11.8 Å². The number of halogens is 1. The third-order valence-corrected chi connectivity index (χ3v) is 8.18. The van der Waals surface area contributed by atoms with E-state index in [4.69, 9.17) is 5.73 Å². The maximum absolute atomic E-state index is 10.8. The predicted molar refractivity (Wildman–Crippen MR) is 127 cm³/mol. The van der Waals surface area contributed by atoms with Crippen LogP contribution < -0.4 is 5.73 Å². The number of rotatable bonds is 4. The number of aliphatic hydroxyl groups excluding tert-OH is 2. The minimum Gasteiger partial charge on any atom is -0.389 e. The first-order valence-electron chi connectivity index (χ1n) is 10.1. The second-order valence-corrected chi connectivity index (χ2v) is 10.1. The normalized spacial score (nSPS) is 23.7. The van der Waals surface area contributed by atoms with E-state index in [2.05, 4.69) is 36.9 Å². The van der Waals surface area contributed by atoms with Gasteiger partial charge in [0.15, 0.2) is 0 Å². The molecule has 4 N–H and O–H groups in total. The van der Waals surface area contributed by atoms with Gasteiger partial charge in [0.2, 0.25) is 0 Å². The number of anilines is 1. The number of thioether (sulfide) groups is 1. The van der Waals surface area contributed by atoms with E-state index >= 15 is 0 Å². The van der Waals surface area contributed by atoms with Crippen LogP contribution in [0.5, 0.6) is 0 Å². The number of aromatic nitrogens is 4. The molecule has 1 aliphatic heterocycles. The van der Waals surface area contributed by atoms with Crippen molar-refractivity contribution in [1.29, 1.82) is 0 Å². The lowest BCUT2D eigenvalue weighted by molar-refractivity contribution is 0.0176. The van der Waals surface area contributed by atoms with Crippen LogP contribution in [0.15, 0.2) is 47.3 Å². The number of nitrogens with zero attached hydrogens (tertiary/aromatic N) is 4. The average Bonchev–Trinajstić information content (AvgIpc) is 3.30. The highest BCUT2D eigenvalue weighted by atomic mass is 79.9. The Morgan fingerprint density at radius 1 is 1.16 bits per heavy atom. The molecule has 1 aromatic carbocycles. The van der Waals surface area contributed by atoms with Gasteiger partial charge in [-0.1, -0.05) is 12.1 Å². The fourth-order valence-corrected chi connectivity index (χ4v) is 6.06. The van der Waals surface area contributed by atoms with Gasteiger partial charge in [-0.2, -0.15) is 0 Å². The van der Waals surface area contributed by atoms with Crippen molar-refractivity contribution in [2.75, 3.05) is 5.73 Å². The lowest BCUT2D eigenvalue weighted by atomic mass is 10.0. The summed E-state index contributed by atoms with van der Waals surface area (Å²) in [6.07, 6.45) is 3.30. The molecule has 0 aliphatic carbocycles. The second kappa shape index (κ2) is 8.05. The molecule has 0 spiro atoms. The number of hydrogen-bond acceptors (Lipinski definition) is 7. The molecule has 0 radical (unpaired) electrons. The first-order valence-corrected chi connectivity index (χ1v) is 11.8. The minimum atomic E-state index is -0.865. The molecule has 7 nitrogen and oxygen atoms in total. The molecule has 160 valence electrons. The maximum atomic E-state index is 10.8. The number of nitrogen functional groups attached to an aromatic ring is 1. The van der Waals surface area contributed by atoms with Crippen molar-refractivity contribution in [1.82, 2.24) is 19.5 Å². The third kappa shape index (κ3) is 3.69. The van der Waals surface area contributed by atoms with E-state index in [-0.39, 0.29) is 10.6 Å². The van der Waals surface area contributed by atoms with Crippen molar-refractivity contribution in [3.8, 4) is 0 Å². The van der Waals surface area contributed by atoms with Crippen LogP contribution in [0.3, 0.4) is 0 Å². The van der Waals surface area contributed by atoms with E-state index in [0.717, 1.165) is 50.5 Å². The Labute approximate surface area is 191 Å². The van der Waals surface area contributed by atoms with Crippen molar-refractivity contribution in [2.45, 2.75) is 42.6 Å². The number of nitrogens with two attached hydrogens (primary N) is 1. The minimum absolute atomic E-state index is 0.0842. The first-order chi connectivity index (χ1) is 14.9. The van der Waals surface area contributed by atoms with Gasteiger partial charge in [0, 0.05) is 22.2 Å². The molecule has 31 heavy (non-hydrogen) atoms. The Bertz CT molecular complexity index is 1280. The molecule has 1 aliphatic rings.